The molecular weight excluding hydrogens is 309 g/mol. The van der Waals surface area contributed by atoms with Gasteiger partial charge in [0.25, 0.3) is 0 Å². The number of nitrogens with one attached hydrogen (secondary N) is 1. The Hall–Kier alpha value is -2.10. The molecule has 0 bridgehead atoms. The quantitative estimate of drug-likeness (QED) is 0.844. The van der Waals surface area contributed by atoms with Crippen molar-refractivity contribution >= 4 is 46.2 Å². The molecule has 0 fully saturated rings. The van der Waals surface area contributed by atoms with Crippen molar-refractivity contribution in [1.82, 2.24) is 0 Å². The molecule has 21 heavy (non-hydrogen) atoms. The monoisotopic (exact) mass is 317 g/mol. The SMILES string of the molecule is O=C1C=C(Nc2ccc(Cl)c(Cl)c2)c2ccccc2C1=O. The number of hydrogen-bond donors (Lipinski definition) is 1. The topological polar surface area (TPSA) is 46.2 Å². The number of benzene rings is 2. The van der Waals surface area contributed by atoms with Crippen LogP contribution in [0.5, 0.6) is 0 Å². The van der Waals surface area contributed by atoms with Crippen LogP contribution in [0.2, 0.25) is 10.0 Å². The van der Waals surface area contributed by atoms with Gasteiger partial charge in [0.1, 0.15) is 0 Å². The van der Waals surface area contributed by atoms with E-state index in [-0.39, 0.29) is 0 Å². The first-order valence-electron chi connectivity index (χ1n) is 6.18. The zero-order valence-electron chi connectivity index (χ0n) is 10.7. The summed E-state index contributed by atoms with van der Waals surface area (Å²) in [5.74, 6) is -1.04. The molecule has 0 unspecified atom stereocenters. The maximum Gasteiger partial charge on any atom is 0.233 e. The molecule has 1 aliphatic carbocycles. The second-order valence-corrected chi connectivity index (χ2v) is 5.37. The van der Waals surface area contributed by atoms with Gasteiger partial charge in [0, 0.05) is 22.9 Å². The average molecular weight is 318 g/mol. The number of ketones is 2. The average Bonchev–Trinajstić information content (AvgIpc) is 2.48. The lowest BCUT2D eigenvalue weighted by molar-refractivity contribution is -0.111. The number of rotatable bonds is 2. The molecule has 104 valence electrons. The predicted molar refractivity (Wildman–Crippen MR) is 83.8 cm³/mol. The van der Waals surface area contributed by atoms with Crippen LogP contribution in [-0.2, 0) is 4.79 Å². The van der Waals surface area contributed by atoms with Crippen LogP contribution in [0, 0.1) is 0 Å². The van der Waals surface area contributed by atoms with E-state index in [1.54, 1.807) is 36.4 Å². The molecule has 2 aromatic rings. The Morgan fingerprint density at radius 2 is 1.57 bits per heavy atom. The smallest absolute Gasteiger partial charge is 0.233 e. The molecule has 0 saturated carbocycles. The summed E-state index contributed by atoms with van der Waals surface area (Å²) < 4.78 is 0. The molecule has 1 N–H and O–H groups in total. The van der Waals surface area contributed by atoms with Crippen molar-refractivity contribution in [2.45, 2.75) is 0 Å². The Bertz CT molecular complexity index is 797. The fourth-order valence-corrected chi connectivity index (χ4v) is 2.45. The molecule has 0 aliphatic heterocycles. The molecule has 5 heteroatoms. The molecule has 0 saturated heterocycles. The van der Waals surface area contributed by atoms with E-state index >= 15 is 0 Å². The summed E-state index contributed by atoms with van der Waals surface area (Å²) in [5, 5.41) is 3.96. The molecule has 0 amide bonds. The summed E-state index contributed by atoms with van der Waals surface area (Å²) in [6, 6.07) is 12.0. The number of hydrogen-bond acceptors (Lipinski definition) is 3. The van der Waals surface area contributed by atoms with Crippen LogP contribution < -0.4 is 5.32 Å². The minimum Gasteiger partial charge on any atom is -0.355 e. The number of anilines is 1. The van der Waals surface area contributed by atoms with Crippen LogP contribution in [0.4, 0.5) is 5.69 Å². The molecule has 0 aromatic heterocycles. The Morgan fingerprint density at radius 3 is 2.29 bits per heavy atom. The van der Waals surface area contributed by atoms with Crippen molar-refractivity contribution in [1.29, 1.82) is 0 Å². The summed E-state index contributed by atoms with van der Waals surface area (Å²) in [5.41, 5.74) is 2.34. The standard InChI is InChI=1S/C16H9Cl2NO2/c17-12-6-5-9(7-13(12)18)19-14-8-15(20)16(21)11-4-2-1-3-10(11)14/h1-8,19H. The molecular formula is C16H9Cl2NO2. The Morgan fingerprint density at radius 1 is 0.857 bits per heavy atom. The highest BCUT2D eigenvalue weighted by Gasteiger charge is 2.25. The van der Waals surface area contributed by atoms with Gasteiger partial charge in [-0.15, -0.1) is 0 Å². The Kier molecular flexibility index (Phi) is 3.53. The van der Waals surface area contributed by atoms with Gasteiger partial charge in [0.05, 0.1) is 15.7 Å². The zero-order chi connectivity index (χ0) is 15.0. The van der Waals surface area contributed by atoms with Crippen LogP contribution in [0.25, 0.3) is 5.70 Å². The Labute approximate surface area is 131 Å². The molecule has 3 rings (SSSR count). The highest BCUT2D eigenvalue weighted by atomic mass is 35.5. The number of halogens is 2. The molecule has 3 nitrogen and oxygen atoms in total. The fraction of sp³-hybridized carbons (Fsp3) is 0. The second-order valence-electron chi connectivity index (χ2n) is 4.55. The van der Waals surface area contributed by atoms with Crippen LogP contribution in [0.1, 0.15) is 15.9 Å². The van der Waals surface area contributed by atoms with Crippen molar-refractivity contribution < 1.29 is 9.59 Å². The van der Waals surface area contributed by atoms with Gasteiger partial charge in [0.2, 0.25) is 11.6 Å². The number of carbonyl (C=O) groups excluding carboxylic acids is 2. The molecule has 0 radical (unpaired) electrons. The van der Waals surface area contributed by atoms with Crippen molar-refractivity contribution in [3.63, 3.8) is 0 Å². The van der Waals surface area contributed by atoms with Crippen molar-refractivity contribution in [3.05, 3.63) is 69.7 Å². The molecule has 0 heterocycles. The first-order chi connectivity index (χ1) is 10.1. The first kappa shape index (κ1) is 13.9. The number of fused-ring (bicyclic) bond motifs is 1. The van der Waals surface area contributed by atoms with Gasteiger partial charge in [-0.2, -0.15) is 0 Å². The lowest BCUT2D eigenvalue weighted by atomic mass is 9.93. The van der Waals surface area contributed by atoms with Crippen LogP contribution in [0.15, 0.2) is 48.5 Å². The summed E-state index contributed by atoms with van der Waals surface area (Å²) in [6.07, 6.45) is 1.30. The van der Waals surface area contributed by atoms with Gasteiger partial charge in [0.15, 0.2) is 0 Å². The minimum absolute atomic E-state index is 0.396. The summed E-state index contributed by atoms with van der Waals surface area (Å²) in [4.78, 5) is 23.6. The van der Waals surface area contributed by atoms with Gasteiger partial charge < -0.3 is 5.32 Å². The van der Waals surface area contributed by atoms with Crippen LogP contribution >= 0.6 is 23.2 Å². The highest BCUT2D eigenvalue weighted by molar-refractivity contribution is 6.50. The van der Waals surface area contributed by atoms with E-state index in [1.807, 2.05) is 6.07 Å². The third kappa shape index (κ3) is 2.58. The van der Waals surface area contributed by atoms with Crippen molar-refractivity contribution in [2.24, 2.45) is 0 Å². The number of Topliss-reactive ketones (excluding diaryl/α,β-unsaturated/α-hetero) is 1. The highest BCUT2D eigenvalue weighted by Crippen LogP contribution is 2.29. The predicted octanol–water partition coefficient (Wildman–Crippen LogP) is 4.21. The first-order valence-corrected chi connectivity index (χ1v) is 6.93. The van der Waals surface area contributed by atoms with E-state index in [9.17, 15) is 9.59 Å². The van der Waals surface area contributed by atoms with Gasteiger partial charge in [-0.3, -0.25) is 9.59 Å². The van der Waals surface area contributed by atoms with Crippen LogP contribution in [0.3, 0.4) is 0 Å². The van der Waals surface area contributed by atoms with Gasteiger partial charge in [-0.05, 0) is 18.2 Å². The lowest BCUT2D eigenvalue weighted by Crippen LogP contribution is -2.20. The maximum atomic E-state index is 11.9. The fourth-order valence-electron chi connectivity index (χ4n) is 2.16. The maximum absolute atomic E-state index is 11.9. The largest absolute Gasteiger partial charge is 0.355 e. The third-order valence-corrected chi connectivity index (χ3v) is 3.90. The zero-order valence-corrected chi connectivity index (χ0v) is 12.2. The van der Waals surface area contributed by atoms with Gasteiger partial charge in [-0.25, -0.2) is 0 Å². The van der Waals surface area contributed by atoms with E-state index in [0.29, 0.717) is 32.6 Å². The molecule has 0 spiro atoms. The van der Waals surface area contributed by atoms with Crippen molar-refractivity contribution in [3.8, 4) is 0 Å². The lowest BCUT2D eigenvalue weighted by Gasteiger charge is -2.18. The van der Waals surface area contributed by atoms with E-state index < -0.39 is 11.6 Å². The summed E-state index contributed by atoms with van der Waals surface area (Å²) in [6.45, 7) is 0. The third-order valence-electron chi connectivity index (χ3n) is 3.16. The Balaban J connectivity index is 2.02. The molecule has 2 aromatic carbocycles. The summed E-state index contributed by atoms with van der Waals surface area (Å²) in [7, 11) is 0. The minimum atomic E-state index is -0.545. The van der Waals surface area contributed by atoms with Crippen LogP contribution in [-0.4, -0.2) is 11.6 Å². The molecule has 0 atom stereocenters. The molecule has 1 aliphatic rings. The van der Waals surface area contributed by atoms with E-state index in [1.165, 1.54) is 6.08 Å². The number of allylic oxidation sites excluding steroid dienone is 1. The van der Waals surface area contributed by atoms with Gasteiger partial charge >= 0.3 is 0 Å². The summed E-state index contributed by atoms with van der Waals surface area (Å²) >= 11 is 11.8. The number of carbonyl (C=O) groups is 2. The second kappa shape index (κ2) is 5.35. The van der Waals surface area contributed by atoms with Gasteiger partial charge in [-0.1, -0.05) is 47.5 Å². The normalized spacial score (nSPS) is 13.7. The van der Waals surface area contributed by atoms with E-state index in [0.717, 1.165) is 0 Å². The van der Waals surface area contributed by atoms with E-state index in [2.05, 4.69) is 5.32 Å². The van der Waals surface area contributed by atoms with E-state index in [4.69, 9.17) is 23.2 Å². The van der Waals surface area contributed by atoms with Crippen molar-refractivity contribution in [2.75, 3.05) is 5.32 Å².